The molecule has 0 saturated carbocycles. The van der Waals surface area contributed by atoms with Gasteiger partial charge in [0.05, 0.1) is 6.61 Å². The molecule has 1 aliphatic carbocycles. The lowest BCUT2D eigenvalue weighted by atomic mass is 9.89. The van der Waals surface area contributed by atoms with Gasteiger partial charge in [-0.05, 0) is 82.2 Å². The number of ether oxygens (including phenoxy) is 1. The Morgan fingerprint density at radius 2 is 1.61 bits per heavy atom. The molecule has 2 heteroatoms. The van der Waals surface area contributed by atoms with Crippen LogP contribution < -0.4 is 0 Å². The van der Waals surface area contributed by atoms with Crippen LogP contribution in [0.25, 0.3) is 0 Å². The second-order valence-electron chi connectivity index (χ2n) is 6.02. The average Bonchev–Trinajstić information content (AvgIpc) is 3.10. The second kappa shape index (κ2) is 15.9. The highest BCUT2D eigenvalue weighted by Crippen LogP contribution is 2.37. The summed E-state index contributed by atoms with van der Waals surface area (Å²) in [6.45, 7) is 24.9. The van der Waals surface area contributed by atoms with Gasteiger partial charge in [0, 0.05) is 11.3 Å². The first-order valence-corrected chi connectivity index (χ1v) is 10.7. The van der Waals surface area contributed by atoms with Crippen LogP contribution in [0.4, 0.5) is 0 Å². The van der Waals surface area contributed by atoms with Crippen LogP contribution in [0.5, 0.6) is 0 Å². The fourth-order valence-electron chi connectivity index (χ4n) is 2.98. The van der Waals surface area contributed by atoms with Crippen LogP contribution in [0.2, 0.25) is 0 Å². The van der Waals surface area contributed by atoms with Crippen molar-refractivity contribution in [3.05, 3.63) is 70.1 Å². The third-order valence-electron chi connectivity index (χ3n) is 4.50. The highest BCUT2D eigenvalue weighted by atomic mass is 16.5. The Labute approximate surface area is 175 Å². The van der Waals surface area contributed by atoms with Crippen LogP contribution in [-0.2, 0) is 4.74 Å². The molecule has 1 N–H and O–H groups in total. The molecule has 158 valence electrons. The van der Waals surface area contributed by atoms with E-state index >= 15 is 0 Å². The van der Waals surface area contributed by atoms with Gasteiger partial charge in [-0.15, -0.1) is 0 Å². The lowest BCUT2D eigenvalue weighted by Gasteiger charge is -2.17. The van der Waals surface area contributed by atoms with Crippen molar-refractivity contribution in [3.8, 4) is 0 Å². The van der Waals surface area contributed by atoms with E-state index in [1.54, 1.807) is 0 Å². The Bertz CT molecular complexity index is 667. The maximum Gasteiger partial charge on any atom is 0.115 e. The predicted molar refractivity (Wildman–Crippen MR) is 128 cm³/mol. The molecule has 0 aromatic carbocycles. The Morgan fingerprint density at radius 3 is 2.07 bits per heavy atom. The van der Waals surface area contributed by atoms with Crippen LogP contribution in [0.1, 0.15) is 82.1 Å². The minimum Gasteiger partial charge on any atom is -0.494 e. The summed E-state index contributed by atoms with van der Waals surface area (Å²) in [6.07, 6.45) is 10.1. The predicted octanol–water partition coefficient (Wildman–Crippen LogP) is 8.50. The van der Waals surface area contributed by atoms with Crippen molar-refractivity contribution in [2.24, 2.45) is 0 Å². The monoisotopic (exact) mass is 385 g/mol. The summed E-state index contributed by atoms with van der Waals surface area (Å²) in [4.78, 5) is 0. The van der Waals surface area contributed by atoms with Crippen LogP contribution in [-0.4, -0.2) is 12.3 Å². The lowest BCUT2D eigenvalue weighted by molar-refractivity contribution is 0.239. The van der Waals surface area contributed by atoms with Crippen LogP contribution in [0.15, 0.2) is 70.1 Å². The SMILES string of the molecule is C=C(OCC)/C(C)=C(C)\C(=C/C)C1=C(/C(C)=C/C=C\C)CCC1=N.CC.CC. The molecule has 0 radical (unpaired) electrons. The lowest BCUT2D eigenvalue weighted by Crippen LogP contribution is -2.04. The molecule has 1 rings (SSSR count). The number of rotatable bonds is 7. The zero-order valence-electron chi connectivity index (χ0n) is 20.0. The van der Waals surface area contributed by atoms with Gasteiger partial charge >= 0.3 is 0 Å². The van der Waals surface area contributed by atoms with Gasteiger partial charge in [-0.25, -0.2) is 0 Å². The maximum atomic E-state index is 8.44. The van der Waals surface area contributed by atoms with E-state index in [9.17, 15) is 0 Å². The van der Waals surface area contributed by atoms with E-state index in [1.165, 1.54) is 11.1 Å². The summed E-state index contributed by atoms with van der Waals surface area (Å²) < 4.78 is 5.57. The minimum atomic E-state index is 0.615. The van der Waals surface area contributed by atoms with Gasteiger partial charge in [0.1, 0.15) is 5.76 Å². The van der Waals surface area contributed by atoms with Gasteiger partial charge in [0.25, 0.3) is 0 Å². The zero-order chi connectivity index (χ0) is 22.3. The molecule has 0 aliphatic heterocycles. The standard InChI is InChI=1S/C22H31NO.2C2H6/c1-8-11-12-15(4)20-13-14-21(23)22(20)19(9-2)17(6)16(5)18(7)24-10-3;2*1-2/h8-9,11-12,23H,7,10,13-14H2,1-6H3;2*1-2H3/b11-8-,15-12+,17-16-,19-9+,23-21?;;. The quantitative estimate of drug-likeness (QED) is 0.346. The Hall–Kier alpha value is -2.09. The van der Waals surface area contributed by atoms with Crippen molar-refractivity contribution in [3.63, 3.8) is 0 Å². The normalized spacial score (nSPS) is 15.6. The molecule has 1 aliphatic rings. The largest absolute Gasteiger partial charge is 0.494 e. The molecule has 28 heavy (non-hydrogen) atoms. The molecule has 0 bridgehead atoms. The molecule has 0 aromatic rings. The molecule has 0 aromatic heterocycles. The van der Waals surface area contributed by atoms with E-state index in [0.29, 0.717) is 12.4 Å². The highest BCUT2D eigenvalue weighted by Gasteiger charge is 2.25. The fourth-order valence-corrected chi connectivity index (χ4v) is 2.98. The van der Waals surface area contributed by atoms with Crippen LogP contribution in [0, 0.1) is 5.41 Å². The van der Waals surface area contributed by atoms with Crippen molar-refractivity contribution < 1.29 is 4.74 Å². The maximum absolute atomic E-state index is 8.44. The van der Waals surface area contributed by atoms with Gasteiger partial charge in [-0.3, -0.25) is 0 Å². The summed E-state index contributed by atoms with van der Waals surface area (Å²) >= 11 is 0. The van der Waals surface area contributed by atoms with Gasteiger partial charge in [-0.1, -0.05) is 58.6 Å². The Kier molecular flexibility index (Phi) is 16.0. The molecule has 2 nitrogen and oxygen atoms in total. The van der Waals surface area contributed by atoms with Gasteiger partial charge in [-0.2, -0.15) is 0 Å². The number of allylic oxidation sites excluding steroid dienone is 10. The number of hydrogen-bond acceptors (Lipinski definition) is 2. The average molecular weight is 386 g/mol. The van der Waals surface area contributed by atoms with E-state index in [-0.39, 0.29) is 0 Å². The van der Waals surface area contributed by atoms with Gasteiger partial charge < -0.3 is 10.1 Å². The third kappa shape index (κ3) is 7.88. The van der Waals surface area contributed by atoms with Crippen LogP contribution >= 0.6 is 0 Å². The summed E-state index contributed by atoms with van der Waals surface area (Å²) in [5.74, 6) is 0.710. The summed E-state index contributed by atoms with van der Waals surface area (Å²) in [5, 5.41) is 8.44. The number of hydrogen-bond donors (Lipinski definition) is 1. The van der Waals surface area contributed by atoms with Crippen molar-refractivity contribution in [2.45, 2.75) is 82.1 Å². The molecule has 0 fully saturated rings. The van der Waals surface area contributed by atoms with Gasteiger partial charge in [0.15, 0.2) is 0 Å². The first kappa shape index (κ1) is 28.1. The molecular weight excluding hydrogens is 342 g/mol. The number of nitrogens with one attached hydrogen (secondary N) is 1. The van der Waals surface area contributed by atoms with Crippen molar-refractivity contribution in [1.82, 2.24) is 0 Å². The van der Waals surface area contributed by atoms with E-state index in [1.807, 2.05) is 61.5 Å². The van der Waals surface area contributed by atoms with Crippen molar-refractivity contribution in [1.29, 1.82) is 5.41 Å². The summed E-state index contributed by atoms with van der Waals surface area (Å²) in [7, 11) is 0. The van der Waals surface area contributed by atoms with Crippen LogP contribution in [0.3, 0.4) is 0 Å². The molecule has 0 atom stereocenters. The molecule has 0 heterocycles. The topological polar surface area (TPSA) is 33.1 Å². The highest BCUT2D eigenvalue weighted by molar-refractivity contribution is 6.06. The third-order valence-corrected chi connectivity index (χ3v) is 4.50. The first-order chi connectivity index (χ1) is 13.4. The fraction of sp³-hybridized carbons (Fsp3) is 0.500. The Balaban J connectivity index is 0. The molecule has 0 unspecified atom stereocenters. The molecule has 0 spiro atoms. The smallest absolute Gasteiger partial charge is 0.115 e. The molecule has 0 amide bonds. The summed E-state index contributed by atoms with van der Waals surface area (Å²) in [6, 6.07) is 0. The van der Waals surface area contributed by atoms with Gasteiger partial charge in [0.2, 0.25) is 0 Å². The van der Waals surface area contributed by atoms with Crippen molar-refractivity contribution >= 4 is 5.71 Å². The van der Waals surface area contributed by atoms with E-state index in [2.05, 4.69) is 38.7 Å². The Morgan fingerprint density at radius 1 is 1.04 bits per heavy atom. The zero-order valence-corrected chi connectivity index (χ0v) is 20.0. The summed E-state index contributed by atoms with van der Waals surface area (Å²) in [5.41, 5.74) is 7.62. The molecular formula is C26H43NO. The minimum absolute atomic E-state index is 0.615. The van der Waals surface area contributed by atoms with E-state index in [4.69, 9.17) is 10.1 Å². The first-order valence-electron chi connectivity index (χ1n) is 10.7. The van der Waals surface area contributed by atoms with Crippen molar-refractivity contribution in [2.75, 3.05) is 6.61 Å². The molecule has 0 saturated heterocycles. The van der Waals surface area contributed by atoms with E-state index in [0.717, 1.165) is 40.8 Å². The second-order valence-corrected chi connectivity index (χ2v) is 6.02. The van der Waals surface area contributed by atoms with E-state index < -0.39 is 0 Å².